The van der Waals surface area contributed by atoms with E-state index < -0.39 is 0 Å². The second kappa shape index (κ2) is 7.21. The van der Waals surface area contributed by atoms with Gasteiger partial charge in [-0.3, -0.25) is 4.79 Å². The lowest BCUT2D eigenvalue weighted by Gasteiger charge is -2.23. The highest BCUT2D eigenvalue weighted by atomic mass is 16.3. The van der Waals surface area contributed by atoms with Crippen LogP contribution in [0.1, 0.15) is 39.9 Å². The van der Waals surface area contributed by atoms with Gasteiger partial charge in [0.15, 0.2) is 0 Å². The maximum atomic E-state index is 11.9. The summed E-state index contributed by atoms with van der Waals surface area (Å²) < 4.78 is 5.17. The maximum absolute atomic E-state index is 11.9. The molecule has 0 saturated heterocycles. The van der Waals surface area contributed by atoms with Gasteiger partial charge in [-0.05, 0) is 31.9 Å². The van der Waals surface area contributed by atoms with Gasteiger partial charge < -0.3 is 15.1 Å². The minimum atomic E-state index is -0.191. The van der Waals surface area contributed by atoms with Gasteiger partial charge in [-0.1, -0.05) is 20.3 Å². The zero-order valence-corrected chi connectivity index (χ0v) is 11.7. The number of hydrogen-bond acceptors (Lipinski definition) is 3. The third-order valence-corrected chi connectivity index (χ3v) is 3.42. The van der Waals surface area contributed by atoms with E-state index in [1.165, 1.54) is 0 Å². The standard InChI is InChI=1S/C14H24N2O2/c1-5-10(2)11(3)16-12(4)14(17)15-9-13-7-6-8-18-13/h6-8,10-12,16H,5,9H2,1-4H3,(H,15,17). The van der Waals surface area contributed by atoms with E-state index in [1.54, 1.807) is 6.26 Å². The second-order valence-electron chi connectivity index (χ2n) is 4.86. The number of nitrogens with one attached hydrogen (secondary N) is 2. The molecule has 4 nitrogen and oxygen atoms in total. The molecule has 102 valence electrons. The molecule has 0 aliphatic carbocycles. The molecule has 0 bridgehead atoms. The Bertz CT molecular complexity index is 349. The normalized spacial score (nSPS) is 16.0. The summed E-state index contributed by atoms with van der Waals surface area (Å²) in [5, 5.41) is 6.17. The zero-order chi connectivity index (χ0) is 13.5. The fraction of sp³-hybridized carbons (Fsp3) is 0.643. The number of rotatable bonds is 7. The van der Waals surface area contributed by atoms with Gasteiger partial charge in [0, 0.05) is 6.04 Å². The van der Waals surface area contributed by atoms with Crippen LogP contribution in [0.3, 0.4) is 0 Å². The van der Waals surface area contributed by atoms with Crippen LogP contribution >= 0.6 is 0 Å². The van der Waals surface area contributed by atoms with Gasteiger partial charge in [0.05, 0.1) is 18.8 Å². The molecule has 0 spiro atoms. The van der Waals surface area contributed by atoms with Crippen LogP contribution in [0.25, 0.3) is 0 Å². The summed E-state index contributed by atoms with van der Waals surface area (Å²) in [6.07, 6.45) is 2.71. The molecule has 2 N–H and O–H groups in total. The van der Waals surface area contributed by atoms with Crippen molar-refractivity contribution in [3.05, 3.63) is 24.2 Å². The Morgan fingerprint density at radius 2 is 2.11 bits per heavy atom. The van der Waals surface area contributed by atoms with Gasteiger partial charge in [-0.25, -0.2) is 0 Å². The molecule has 1 aromatic rings. The van der Waals surface area contributed by atoms with Crippen LogP contribution in [0.15, 0.2) is 22.8 Å². The number of amides is 1. The van der Waals surface area contributed by atoms with E-state index in [0.717, 1.165) is 12.2 Å². The summed E-state index contributed by atoms with van der Waals surface area (Å²) in [6.45, 7) is 8.78. The van der Waals surface area contributed by atoms with Crippen molar-refractivity contribution in [3.8, 4) is 0 Å². The Labute approximate surface area is 109 Å². The molecule has 0 aliphatic rings. The van der Waals surface area contributed by atoms with Crippen LogP contribution in [0.5, 0.6) is 0 Å². The van der Waals surface area contributed by atoms with Gasteiger partial charge in [0.1, 0.15) is 5.76 Å². The van der Waals surface area contributed by atoms with E-state index in [1.807, 2.05) is 19.1 Å². The first-order valence-electron chi connectivity index (χ1n) is 6.60. The van der Waals surface area contributed by atoms with Crippen molar-refractivity contribution in [2.45, 2.75) is 52.7 Å². The monoisotopic (exact) mass is 252 g/mol. The predicted octanol–water partition coefficient (Wildman–Crippen LogP) is 2.31. The molecule has 1 heterocycles. The van der Waals surface area contributed by atoms with Crippen molar-refractivity contribution >= 4 is 5.91 Å². The number of hydrogen-bond donors (Lipinski definition) is 2. The molecule has 0 aromatic carbocycles. The van der Waals surface area contributed by atoms with Crippen molar-refractivity contribution < 1.29 is 9.21 Å². The number of carbonyl (C=O) groups is 1. The van der Waals surface area contributed by atoms with Crippen LogP contribution < -0.4 is 10.6 Å². The molecule has 0 radical (unpaired) electrons. The lowest BCUT2D eigenvalue weighted by molar-refractivity contribution is -0.123. The summed E-state index contributed by atoms with van der Waals surface area (Å²) in [4.78, 5) is 11.9. The van der Waals surface area contributed by atoms with Gasteiger partial charge >= 0.3 is 0 Å². The molecule has 1 aromatic heterocycles. The smallest absolute Gasteiger partial charge is 0.237 e. The summed E-state index contributed by atoms with van der Waals surface area (Å²) in [5.41, 5.74) is 0. The first-order valence-corrected chi connectivity index (χ1v) is 6.60. The van der Waals surface area contributed by atoms with Crippen molar-refractivity contribution in [2.75, 3.05) is 0 Å². The summed E-state index contributed by atoms with van der Waals surface area (Å²) in [6, 6.07) is 3.80. The Morgan fingerprint density at radius 1 is 1.39 bits per heavy atom. The Hall–Kier alpha value is -1.29. The van der Waals surface area contributed by atoms with Crippen molar-refractivity contribution in [1.29, 1.82) is 0 Å². The van der Waals surface area contributed by atoms with Gasteiger partial charge in [0.25, 0.3) is 0 Å². The average molecular weight is 252 g/mol. The third kappa shape index (κ3) is 4.53. The lowest BCUT2D eigenvalue weighted by Crippen LogP contribution is -2.47. The highest BCUT2D eigenvalue weighted by Gasteiger charge is 2.18. The molecular formula is C14H24N2O2. The molecule has 3 unspecified atom stereocenters. The third-order valence-electron chi connectivity index (χ3n) is 3.42. The van der Waals surface area contributed by atoms with Gasteiger partial charge in [0.2, 0.25) is 5.91 Å². The van der Waals surface area contributed by atoms with Crippen molar-refractivity contribution in [3.63, 3.8) is 0 Å². The minimum absolute atomic E-state index is 0.00144. The lowest BCUT2D eigenvalue weighted by atomic mass is 10.0. The second-order valence-corrected chi connectivity index (χ2v) is 4.86. The van der Waals surface area contributed by atoms with Crippen LogP contribution in [0, 0.1) is 5.92 Å². The van der Waals surface area contributed by atoms with Gasteiger partial charge in [-0.15, -0.1) is 0 Å². The van der Waals surface area contributed by atoms with E-state index in [0.29, 0.717) is 18.5 Å². The molecule has 3 atom stereocenters. The van der Waals surface area contributed by atoms with Gasteiger partial charge in [-0.2, -0.15) is 0 Å². The fourth-order valence-electron chi connectivity index (χ4n) is 1.73. The predicted molar refractivity (Wildman–Crippen MR) is 72.1 cm³/mol. The first-order chi connectivity index (χ1) is 8.54. The maximum Gasteiger partial charge on any atom is 0.237 e. The first kappa shape index (κ1) is 14.8. The Morgan fingerprint density at radius 3 is 2.67 bits per heavy atom. The number of furan rings is 1. The van der Waals surface area contributed by atoms with E-state index >= 15 is 0 Å². The van der Waals surface area contributed by atoms with Crippen LogP contribution in [-0.4, -0.2) is 18.0 Å². The quantitative estimate of drug-likeness (QED) is 0.783. The van der Waals surface area contributed by atoms with Crippen LogP contribution in [0.2, 0.25) is 0 Å². The van der Waals surface area contributed by atoms with Crippen LogP contribution in [0.4, 0.5) is 0 Å². The van der Waals surface area contributed by atoms with E-state index in [9.17, 15) is 4.79 Å². The minimum Gasteiger partial charge on any atom is -0.467 e. The van der Waals surface area contributed by atoms with E-state index in [-0.39, 0.29) is 11.9 Å². The Kier molecular flexibility index (Phi) is 5.92. The van der Waals surface area contributed by atoms with E-state index in [4.69, 9.17) is 4.42 Å². The summed E-state index contributed by atoms with van der Waals surface area (Å²) in [7, 11) is 0. The topological polar surface area (TPSA) is 54.3 Å². The highest BCUT2D eigenvalue weighted by molar-refractivity contribution is 5.81. The largest absolute Gasteiger partial charge is 0.467 e. The van der Waals surface area contributed by atoms with Crippen LogP contribution in [-0.2, 0) is 11.3 Å². The highest BCUT2D eigenvalue weighted by Crippen LogP contribution is 2.07. The summed E-state index contributed by atoms with van der Waals surface area (Å²) in [5.74, 6) is 1.33. The molecule has 4 heteroatoms. The molecular weight excluding hydrogens is 228 g/mol. The molecule has 1 amide bonds. The SMILES string of the molecule is CCC(C)C(C)NC(C)C(=O)NCc1ccco1. The molecule has 0 aliphatic heterocycles. The fourth-order valence-corrected chi connectivity index (χ4v) is 1.73. The van der Waals surface area contributed by atoms with Crippen molar-refractivity contribution in [1.82, 2.24) is 10.6 Å². The molecule has 18 heavy (non-hydrogen) atoms. The Balaban J connectivity index is 2.32. The molecule has 1 rings (SSSR count). The zero-order valence-electron chi connectivity index (χ0n) is 11.7. The van der Waals surface area contributed by atoms with Crippen molar-refractivity contribution in [2.24, 2.45) is 5.92 Å². The average Bonchev–Trinajstić information content (AvgIpc) is 2.87. The number of carbonyl (C=O) groups excluding carboxylic acids is 1. The molecule has 0 saturated carbocycles. The molecule has 0 fully saturated rings. The van der Waals surface area contributed by atoms with E-state index in [2.05, 4.69) is 31.4 Å². The summed E-state index contributed by atoms with van der Waals surface area (Å²) >= 11 is 0.